The number of hydrogen-bond acceptors (Lipinski definition) is 5. The summed E-state index contributed by atoms with van der Waals surface area (Å²) in [5, 5.41) is 21.7. The number of nitrogens with one attached hydrogen (secondary N) is 1. The minimum absolute atomic E-state index is 0.246. The number of hydrogen-bond donors (Lipinski definition) is 2. The SMILES string of the molecule is O=C(NCC(F)CO)c1cccc(-n2cc(-c3ccc4cnccc4c3)nn2)c1. The van der Waals surface area contributed by atoms with Crippen molar-refractivity contribution in [1.29, 1.82) is 0 Å². The predicted octanol–water partition coefficient (Wildman–Crippen LogP) is 2.54. The summed E-state index contributed by atoms with van der Waals surface area (Å²) >= 11 is 0. The number of aromatic nitrogens is 4. The average Bonchev–Trinajstić information content (AvgIpc) is 3.27. The Kier molecular flexibility index (Phi) is 5.26. The summed E-state index contributed by atoms with van der Waals surface area (Å²) in [6.45, 7) is -0.877. The zero-order valence-electron chi connectivity index (χ0n) is 15.4. The fourth-order valence-electron chi connectivity index (χ4n) is 2.92. The van der Waals surface area contributed by atoms with Gasteiger partial charge >= 0.3 is 0 Å². The third kappa shape index (κ3) is 4.12. The molecule has 4 aromatic rings. The van der Waals surface area contributed by atoms with E-state index in [1.807, 2.05) is 24.3 Å². The van der Waals surface area contributed by atoms with Gasteiger partial charge in [-0.3, -0.25) is 9.78 Å². The molecule has 2 heterocycles. The van der Waals surface area contributed by atoms with Gasteiger partial charge in [-0.25, -0.2) is 9.07 Å². The van der Waals surface area contributed by atoms with Crippen molar-refractivity contribution in [1.82, 2.24) is 25.3 Å². The van der Waals surface area contributed by atoms with Gasteiger partial charge in [0.25, 0.3) is 5.91 Å². The second kappa shape index (κ2) is 8.15. The van der Waals surface area contributed by atoms with Crippen LogP contribution in [0.15, 0.2) is 67.1 Å². The molecule has 0 bridgehead atoms. The maximum Gasteiger partial charge on any atom is 0.251 e. The van der Waals surface area contributed by atoms with Gasteiger partial charge in [-0.1, -0.05) is 23.4 Å². The van der Waals surface area contributed by atoms with E-state index in [9.17, 15) is 9.18 Å². The fraction of sp³-hybridized carbons (Fsp3) is 0.143. The molecular formula is C21H18FN5O2. The van der Waals surface area contributed by atoms with Gasteiger partial charge in [-0.15, -0.1) is 5.10 Å². The van der Waals surface area contributed by atoms with E-state index < -0.39 is 18.7 Å². The highest BCUT2D eigenvalue weighted by Crippen LogP contribution is 2.23. The number of alkyl halides is 1. The molecule has 0 saturated carbocycles. The molecule has 29 heavy (non-hydrogen) atoms. The zero-order valence-corrected chi connectivity index (χ0v) is 15.4. The van der Waals surface area contributed by atoms with Gasteiger partial charge in [0.05, 0.1) is 25.0 Å². The largest absolute Gasteiger partial charge is 0.393 e. The second-order valence-corrected chi connectivity index (χ2v) is 6.53. The van der Waals surface area contributed by atoms with E-state index in [1.165, 1.54) is 0 Å². The normalized spacial score (nSPS) is 12.1. The quantitative estimate of drug-likeness (QED) is 0.527. The Morgan fingerprint density at radius 2 is 2.07 bits per heavy atom. The van der Waals surface area contributed by atoms with Gasteiger partial charge in [0.15, 0.2) is 0 Å². The molecule has 2 N–H and O–H groups in total. The summed E-state index contributed by atoms with van der Waals surface area (Å²) < 4.78 is 14.7. The lowest BCUT2D eigenvalue weighted by Crippen LogP contribution is -2.31. The Hall–Kier alpha value is -3.65. The Morgan fingerprint density at radius 1 is 1.17 bits per heavy atom. The van der Waals surface area contributed by atoms with E-state index in [0.717, 1.165) is 16.3 Å². The summed E-state index contributed by atoms with van der Waals surface area (Å²) in [6, 6.07) is 14.7. The molecule has 1 atom stereocenters. The number of nitrogens with zero attached hydrogens (tertiary/aromatic N) is 4. The van der Waals surface area contributed by atoms with Crippen LogP contribution in [0.2, 0.25) is 0 Å². The Morgan fingerprint density at radius 3 is 2.93 bits per heavy atom. The third-order valence-electron chi connectivity index (χ3n) is 4.48. The molecule has 0 aliphatic heterocycles. The Bertz CT molecular complexity index is 1160. The first-order valence-corrected chi connectivity index (χ1v) is 9.04. The first-order chi connectivity index (χ1) is 14.1. The van der Waals surface area contributed by atoms with Crippen molar-refractivity contribution in [2.24, 2.45) is 0 Å². The van der Waals surface area contributed by atoms with E-state index in [0.29, 0.717) is 16.9 Å². The van der Waals surface area contributed by atoms with E-state index in [2.05, 4.69) is 20.6 Å². The number of amides is 1. The minimum atomic E-state index is -1.49. The van der Waals surface area contributed by atoms with E-state index in [1.54, 1.807) is 47.5 Å². The Balaban J connectivity index is 1.56. The lowest BCUT2D eigenvalue weighted by molar-refractivity contribution is 0.0928. The van der Waals surface area contributed by atoms with Crippen molar-refractivity contribution in [3.8, 4) is 16.9 Å². The first kappa shape index (κ1) is 18.7. The number of pyridine rings is 1. The van der Waals surface area contributed by atoms with Crippen molar-refractivity contribution >= 4 is 16.7 Å². The van der Waals surface area contributed by atoms with Crippen LogP contribution in [0.4, 0.5) is 4.39 Å². The molecule has 8 heteroatoms. The molecule has 0 fully saturated rings. The van der Waals surface area contributed by atoms with Gasteiger partial charge in [0, 0.05) is 28.9 Å². The van der Waals surface area contributed by atoms with Crippen molar-refractivity contribution < 1.29 is 14.3 Å². The van der Waals surface area contributed by atoms with Crippen LogP contribution >= 0.6 is 0 Å². The molecule has 4 rings (SSSR count). The molecule has 2 aromatic heterocycles. The first-order valence-electron chi connectivity index (χ1n) is 9.04. The van der Waals surface area contributed by atoms with Crippen molar-refractivity contribution in [2.75, 3.05) is 13.2 Å². The summed E-state index contributed by atoms with van der Waals surface area (Å²) in [7, 11) is 0. The molecule has 0 saturated heterocycles. The number of carbonyl (C=O) groups is 1. The van der Waals surface area contributed by atoms with Gasteiger partial charge in [-0.05, 0) is 35.7 Å². The number of carbonyl (C=O) groups excluding carboxylic acids is 1. The molecule has 0 aliphatic carbocycles. The van der Waals surface area contributed by atoms with Crippen LogP contribution in [0.5, 0.6) is 0 Å². The van der Waals surface area contributed by atoms with Crippen LogP contribution in [0, 0.1) is 0 Å². The predicted molar refractivity (Wildman–Crippen MR) is 106 cm³/mol. The van der Waals surface area contributed by atoms with Gasteiger partial charge in [0.2, 0.25) is 0 Å². The fourth-order valence-corrected chi connectivity index (χ4v) is 2.92. The number of halogens is 1. The van der Waals surface area contributed by atoms with Crippen LogP contribution in [-0.2, 0) is 0 Å². The number of aliphatic hydroxyl groups excluding tert-OH is 1. The molecule has 146 valence electrons. The molecular weight excluding hydrogens is 373 g/mol. The maximum absolute atomic E-state index is 13.1. The van der Waals surface area contributed by atoms with Crippen LogP contribution in [0.25, 0.3) is 27.7 Å². The van der Waals surface area contributed by atoms with E-state index in [4.69, 9.17) is 5.11 Å². The Labute approximate surface area is 165 Å². The van der Waals surface area contributed by atoms with Crippen LogP contribution in [0.3, 0.4) is 0 Å². The number of fused-ring (bicyclic) bond motifs is 1. The molecule has 2 aromatic carbocycles. The standard InChI is InChI=1S/C21H18FN5O2/c22-18(13-28)11-24-21(29)16-2-1-3-19(9-16)27-12-20(25-26-27)15-4-5-17-10-23-7-6-14(17)8-15/h1-10,12,18,28H,11,13H2,(H,24,29). The van der Waals surface area contributed by atoms with Crippen LogP contribution < -0.4 is 5.32 Å². The highest BCUT2D eigenvalue weighted by Gasteiger charge is 2.12. The topological polar surface area (TPSA) is 92.9 Å². The monoisotopic (exact) mass is 391 g/mol. The molecule has 1 amide bonds. The van der Waals surface area contributed by atoms with Gasteiger partial charge in [-0.2, -0.15) is 0 Å². The second-order valence-electron chi connectivity index (χ2n) is 6.53. The minimum Gasteiger partial charge on any atom is -0.393 e. The van der Waals surface area contributed by atoms with Crippen LogP contribution in [-0.4, -0.2) is 50.3 Å². The van der Waals surface area contributed by atoms with Crippen molar-refractivity contribution in [2.45, 2.75) is 6.17 Å². The lowest BCUT2D eigenvalue weighted by Gasteiger charge is -2.08. The summed E-state index contributed by atoms with van der Waals surface area (Å²) in [5.74, 6) is -0.425. The number of aliphatic hydroxyl groups is 1. The molecule has 7 nitrogen and oxygen atoms in total. The van der Waals surface area contributed by atoms with Crippen LogP contribution in [0.1, 0.15) is 10.4 Å². The van der Waals surface area contributed by atoms with Crippen molar-refractivity contribution in [3.63, 3.8) is 0 Å². The third-order valence-corrected chi connectivity index (χ3v) is 4.48. The highest BCUT2D eigenvalue weighted by molar-refractivity contribution is 5.94. The molecule has 0 aliphatic rings. The summed E-state index contributed by atoms with van der Waals surface area (Å²) in [4.78, 5) is 16.3. The smallest absolute Gasteiger partial charge is 0.251 e. The molecule has 0 radical (unpaired) electrons. The molecule has 0 spiro atoms. The van der Waals surface area contributed by atoms with E-state index in [-0.39, 0.29) is 6.54 Å². The van der Waals surface area contributed by atoms with Gasteiger partial charge < -0.3 is 10.4 Å². The zero-order chi connectivity index (χ0) is 20.2. The maximum atomic E-state index is 13.1. The number of rotatable bonds is 6. The molecule has 1 unspecified atom stereocenters. The number of benzene rings is 2. The lowest BCUT2D eigenvalue weighted by atomic mass is 10.1. The summed E-state index contributed by atoms with van der Waals surface area (Å²) in [5.41, 5.74) is 2.63. The summed E-state index contributed by atoms with van der Waals surface area (Å²) in [6.07, 6.45) is 3.84. The van der Waals surface area contributed by atoms with Crippen molar-refractivity contribution in [3.05, 3.63) is 72.7 Å². The average molecular weight is 391 g/mol. The highest BCUT2D eigenvalue weighted by atomic mass is 19.1. The van der Waals surface area contributed by atoms with Gasteiger partial charge in [0.1, 0.15) is 11.9 Å². The van der Waals surface area contributed by atoms with E-state index >= 15 is 0 Å².